The molecule has 1 aromatic rings. The first-order valence-electron chi connectivity index (χ1n) is 6.23. The van der Waals surface area contributed by atoms with Gasteiger partial charge in [0.2, 0.25) is 0 Å². The van der Waals surface area contributed by atoms with E-state index in [2.05, 4.69) is 32.4 Å². The van der Waals surface area contributed by atoms with Crippen LogP contribution < -0.4 is 15.5 Å². The van der Waals surface area contributed by atoms with Gasteiger partial charge < -0.3 is 15.5 Å². The molecule has 0 spiro atoms. The topological polar surface area (TPSA) is 53.1 Å². The van der Waals surface area contributed by atoms with Crippen molar-refractivity contribution in [3.05, 3.63) is 11.9 Å². The zero-order valence-corrected chi connectivity index (χ0v) is 10.8. The lowest BCUT2D eigenvalue weighted by atomic mass is 10.2. The van der Waals surface area contributed by atoms with E-state index in [9.17, 15) is 0 Å². The molecule has 1 fully saturated rings. The van der Waals surface area contributed by atoms with Crippen LogP contribution in [0.3, 0.4) is 0 Å². The van der Waals surface area contributed by atoms with Crippen molar-refractivity contribution in [2.45, 2.75) is 26.3 Å². The molecule has 5 heteroatoms. The van der Waals surface area contributed by atoms with E-state index in [-0.39, 0.29) is 0 Å². The standard InChI is InChI=1S/C12H21N5/c1-4-17(3)12-7-11(14-9(2)15-12)16-10-5-6-13-8-10/h7,10,13H,4-6,8H2,1-3H3,(H,14,15,16). The van der Waals surface area contributed by atoms with Crippen molar-refractivity contribution < 1.29 is 0 Å². The SMILES string of the molecule is CCN(C)c1cc(NC2CCNC2)nc(C)n1. The fourth-order valence-electron chi connectivity index (χ4n) is 1.97. The van der Waals surface area contributed by atoms with Gasteiger partial charge in [0.25, 0.3) is 0 Å². The third-order valence-corrected chi connectivity index (χ3v) is 3.10. The van der Waals surface area contributed by atoms with Gasteiger partial charge in [0.05, 0.1) is 0 Å². The monoisotopic (exact) mass is 235 g/mol. The van der Waals surface area contributed by atoms with Crippen molar-refractivity contribution in [1.82, 2.24) is 15.3 Å². The predicted octanol–water partition coefficient (Wildman–Crippen LogP) is 1.01. The molecule has 0 amide bonds. The lowest BCUT2D eigenvalue weighted by Crippen LogP contribution is -2.24. The number of nitrogens with one attached hydrogen (secondary N) is 2. The highest BCUT2D eigenvalue weighted by atomic mass is 15.2. The lowest BCUT2D eigenvalue weighted by Gasteiger charge is -2.18. The Hall–Kier alpha value is -1.36. The summed E-state index contributed by atoms with van der Waals surface area (Å²) in [6, 6.07) is 2.51. The number of hydrogen-bond acceptors (Lipinski definition) is 5. The molecule has 2 rings (SSSR count). The number of rotatable bonds is 4. The number of hydrogen-bond donors (Lipinski definition) is 2. The van der Waals surface area contributed by atoms with Crippen molar-refractivity contribution in [2.75, 3.05) is 36.9 Å². The van der Waals surface area contributed by atoms with E-state index in [1.54, 1.807) is 0 Å². The Bertz CT molecular complexity index is 373. The highest BCUT2D eigenvalue weighted by Crippen LogP contribution is 2.16. The Kier molecular flexibility index (Phi) is 3.78. The molecule has 2 N–H and O–H groups in total. The second-order valence-electron chi connectivity index (χ2n) is 4.51. The number of aromatic nitrogens is 2. The molecule has 0 saturated carbocycles. The highest BCUT2D eigenvalue weighted by molar-refractivity contribution is 5.49. The first-order chi connectivity index (χ1) is 8.19. The molecule has 5 nitrogen and oxygen atoms in total. The van der Waals surface area contributed by atoms with Crippen LogP contribution in [-0.4, -0.2) is 42.7 Å². The molecule has 2 heterocycles. The average Bonchev–Trinajstić information content (AvgIpc) is 2.80. The molecule has 1 atom stereocenters. The van der Waals surface area contributed by atoms with Crippen molar-refractivity contribution in [3.8, 4) is 0 Å². The molecule has 0 bridgehead atoms. The molecular formula is C12H21N5. The van der Waals surface area contributed by atoms with E-state index in [0.29, 0.717) is 6.04 Å². The summed E-state index contributed by atoms with van der Waals surface area (Å²) >= 11 is 0. The second-order valence-corrected chi connectivity index (χ2v) is 4.51. The maximum atomic E-state index is 4.44. The largest absolute Gasteiger partial charge is 0.366 e. The summed E-state index contributed by atoms with van der Waals surface area (Å²) in [5.41, 5.74) is 0. The molecular weight excluding hydrogens is 214 g/mol. The summed E-state index contributed by atoms with van der Waals surface area (Å²) in [6.07, 6.45) is 1.15. The quantitative estimate of drug-likeness (QED) is 0.816. The van der Waals surface area contributed by atoms with Crippen LogP contribution in [0.1, 0.15) is 19.2 Å². The molecule has 0 aliphatic carbocycles. The van der Waals surface area contributed by atoms with Gasteiger partial charge in [-0.15, -0.1) is 0 Å². The van der Waals surface area contributed by atoms with Gasteiger partial charge in [0, 0.05) is 32.2 Å². The average molecular weight is 235 g/mol. The number of anilines is 2. The van der Waals surface area contributed by atoms with Crippen LogP contribution in [0.5, 0.6) is 0 Å². The fraction of sp³-hybridized carbons (Fsp3) is 0.667. The van der Waals surface area contributed by atoms with Crippen LogP contribution in [-0.2, 0) is 0 Å². The van der Waals surface area contributed by atoms with Crippen LogP contribution in [0, 0.1) is 6.92 Å². The van der Waals surface area contributed by atoms with Crippen molar-refractivity contribution in [3.63, 3.8) is 0 Å². The van der Waals surface area contributed by atoms with E-state index in [0.717, 1.165) is 43.5 Å². The molecule has 1 saturated heterocycles. The Morgan fingerprint density at radius 1 is 1.53 bits per heavy atom. The van der Waals surface area contributed by atoms with Gasteiger partial charge in [-0.3, -0.25) is 0 Å². The Morgan fingerprint density at radius 3 is 3.00 bits per heavy atom. The molecule has 1 aromatic heterocycles. The molecule has 94 valence electrons. The minimum atomic E-state index is 0.490. The Labute approximate surface area is 103 Å². The van der Waals surface area contributed by atoms with Gasteiger partial charge in [-0.1, -0.05) is 0 Å². The van der Waals surface area contributed by atoms with Gasteiger partial charge in [0.1, 0.15) is 17.5 Å². The van der Waals surface area contributed by atoms with E-state index in [4.69, 9.17) is 0 Å². The van der Waals surface area contributed by atoms with Crippen molar-refractivity contribution in [2.24, 2.45) is 0 Å². The smallest absolute Gasteiger partial charge is 0.134 e. The summed E-state index contributed by atoms with van der Waals surface area (Å²) in [5, 5.41) is 6.80. The Morgan fingerprint density at radius 2 is 2.35 bits per heavy atom. The van der Waals surface area contributed by atoms with Crippen LogP contribution >= 0.6 is 0 Å². The first kappa shape index (κ1) is 12.1. The van der Waals surface area contributed by atoms with E-state index >= 15 is 0 Å². The van der Waals surface area contributed by atoms with E-state index < -0.39 is 0 Å². The zero-order valence-electron chi connectivity index (χ0n) is 10.8. The summed E-state index contributed by atoms with van der Waals surface area (Å²) in [5.74, 6) is 2.73. The van der Waals surface area contributed by atoms with Crippen LogP contribution in [0.2, 0.25) is 0 Å². The van der Waals surface area contributed by atoms with Gasteiger partial charge in [-0.2, -0.15) is 0 Å². The van der Waals surface area contributed by atoms with Crippen LogP contribution in [0.15, 0.2) is 6.07 Å². The van der Waals surface area contributed by atoms with Crippen molar-refractivity contribution in [1.29, 1.82) is 0 Å². The number of nitrogens with zero attached hydrogens (tertiary/aromatic N) is 3. The summed E-state index contributed by atoms with van der Waals surface area (Å²) in [4.78, 5) is 11.0. The van der Waals surface area contributed by atoms with E-state index in [1.807, 2.05) is 20.0 Å². The van der Waals surface area contributed by atoms with Crippen molar-refractivity contribution >= 4 is 11.6 Å². The second kappa shape index (κ2) is 5.31. The normalized spacial score (nSPS) is 19.4. The maximum absolute atomic E-state index is 4.44. The summed E-state index contributed by atoms with van der Waals surface area (Å²) in [6.45, 7) is 7.10. The summed E-state index contributed by atoms with van der Waals surface area (Å²) in [7, 11) is 2.04. The van der Waals surface area contributed by atoms with Crippen LogP contribution in [0.4, 0.5) is 11.6 Å². The first-order valence-corrected chi connectivity index (χ1v) is 6.23. The third kappa shape index (κ3) is 3.06. The van der Waals surface area contributed by atoms with Gasteiger partial charge in [-0.05, 0) is 26.8 Å². The fourth-order valence-corrected chi connectivity index (χ4v) is 1.97. The maximum Gasteiger partial charge on any atom is 0.134 e. The molecule has 1 unspecified atom stereocenters. The minimum absolute atomic E-state index is 0.490. The highest BCUT2D eigenvalue weighted by Gasteiger charge is 2.15. The molecule has 17 heavy (non-hydrogen) atoms. The zero-order chi connectivity index (χ0) is 12.3. The predicted molar refractivity (Wildman–Crippen MR) is 70.6 cm³/mol. The van der Waals surface area contributed by atoms with Gasteiger partial charge in [-0.25, -0.2) is 9.97 Å². The van der Waals surface area contributed by atoms with Crippen LogP contribution in [0.25, 0.3) is 0 Å². The van der Waals surface area contributed by atoms with E-state index in [1.165, 1.54) is 0 Å². The Balaban J connectivity index is 2.13. The molecule has 0 aromatic carbocycles. The lowest BCUT2D eigenvalue weighted by molar-refractivity contribution is 0.784. The minimum Gasteiger partial charge on any atom is -0.366 e. The molecule has 1 aliphatic rings. The third-order valence-electron chi connectivity index (χ3n) is 3.10. The molecule has 1 aliphatic heterocycles. The molecule has 0 radical (unpaired) electrons. The van der Waals surface area contributed by atoms with Gasteiger partial charge >= 0.3 is 0 Å². The van der Waals surface area contributed by atoms with Gasteiger partial charge in [0.15, 0.2) is 0 Å². The summed E-state index contributed by atoms with van der Waals surface area (Å²) < 4.78 is 0. The number of aryl methyl sites for hydroxylation is 1.